The minimum atomic E-state index is -2.91. The molecule has 0 bridgehead atoms. The fraction of sp³-hybridized carbons (Fsp3) is 0.500. The van der Waals surface area contributed by atoms with E-state index in [-0.39, 0.29) is 5.91 Å². The highest BCUT2D eigenvalue weighted by molar-refractivity contribution is 8.25. The van der Waals surface area contributed by atoms with E-state index in [1.54, 1.807) is 16.4 Å². The Morgan fingerprint density at radius 1 is 1.14 bits per heavy atom. The summed E-state index contributed by atoms with van der Waals surface area (Å²) in [5, 5.41) is 20.6. The molecule has 6 N–H and O–H groups in total. The molecule has 9 heteroatoms. The van der Waals surface area contributed by atoms with Crippen molar-refractivity contribution in [3.8, 4) is 0 Å². The first-order chi connectivity index (χ1) is 16.9. The predicted octanol–water partition coefficient (Wildman–Crippen LogP) is 3.84. The summed E-state index contributed by atoms with van der Waals surface area (Å²) >= 11 is 0. The molecule has 192 valence electrons. The van der Waals surface area contributed by atoms with Crippen LogP contribution in [0.4, 0.5) is 11.4 Å². The summed E-state index contributed by atoms with van der Waals surface area (Å²) in [6.07, 6.45) is 3.64. The van der Waals surface area contributed by atoms with Crippen LogP contribution < -0.4 is 20.3 Å². The highest BCUT2D eigenvalue weighted by atomic mass is 32.3. The van der Waals surface area contributed by atoms with E-state index in [1.165, 1.54) is 0 Å². The molecule has 35 heavy (non-hydrogen) atoms. The minimum absolute atomic E-state index is 0.300. The maximum absolute atomic E-state index is 13.4. The van der Waals surface area contributed by atoms with Crippen molar-refractivity contribution in [3.05, 3.63) is 59.7 Å². The van der Waals surface area contributed by atoms with Crippen LogP contribution in [0.3, 0.4) is 0 Å². The van der Waals surface area contributed by atoms with E-state index in [0.717, 1.165) is 36.9 Å². The van der Waals surface area contributed by atoms with Crippen LogP contribution in [0.15, 0.2) is 48.5 Å². The van der Waals surface area contributed by atoms with Crippen molar-refractivity contribution >= 4 is 28.1 Å². The van der Waals surface area contributed by atoms with Gasteiger partial charge in [0, 0.05) is 36.9 Å². The number of carbonyl (C=O) groups excluding carboxylic acids is 1. The maximum Gasteiger partial charge on any atom is 0.251 e. The van der Waals surface area contributed by atoms with Crippen LogP contribution in [0, 0.1) is 0 Å². The first-order valence-corrected chi connectivity index (χ1v) is 14.2. The summed E-state index contributed by atoms with van der Waals surface area (Å²) in [4.78, 5) is 13.4. The number of aliphatic hydroxyl groups is 1. The van der Waals surface area contributed by atoms with Crippen molar-refractivity contribution < 1.29 is 19.0 Å². The van der Waals surface area contributed by atoms with Gasteiger partial charge in [0.05, 0.1) is 23.6 Å². The summed E-state index contributed by atoms with van der Waals surface area (Å²) in [7, 11) is -2.91. The van der Waals surface area contributed by atoms with E-state index in [9.17, 15) is 19.0 Å². The number of rotatable bonds is 11. The quantitative estimate of drug-likeness (QED) is 0.276. The minimum Gasteiger partial charge on any atom is -0.390 e. The van der Waals surface area contributed by atoms with Gasteiger partial charge in [-0.05, 0) is 62.8 Å². The van der Waals surface area contributed by atoms with Gasteiger partial charge in [-0.25, -0.2) is 0 Å². The molecular weight excluding hydrogens is 464 g/mol. The van der Waals surface area contributed by atoms with Crippen molar-refractivity contribution in [3.63, 3.8) is 0 Å². The fourth-order valence-corrected chi connectivity index (χ4v) is 6.09. The smallest absolute Gasteiger partial charge is 0.251 e. The molecule has 2 aliphatic rings. The van der Waals surface area contributed by atoms with Gasteiger partial charge in [0.25, 0.3) is 5.91 Å². The lowest BCUT2D eigenvalue weighted by Crippen LogP contribution is -2.49. The molecule has 0 unspecified atom stereocenters. The van der Waals surface area contributed by atoms with Gasteiger partial charge >= 0.3 is 0 Å². The molecule has 0 spiro atoms. The zero-order valence-corrected chi connectivity index (χ0v) is 21.1. The van der Waals surface area contributed by atoms with Crippen molar-refractivity contribution in [1.82, 2.24) is 10.6 Å². The zero-order valence-electron chi connectivity index (χ0n) is 20.3. The lowest BCUT2D eigenvalue weighted by atomic mass is 10.00. The standard InChI is InChI=1S/C26H38N4O4S/c1-2-27-22-15-20(16-23(17-22)30-12-6-7-13-35(30,33)34)26(32)29-24(14-19-8-4-3-5-9-19)25(31)18-28-21-10-11-21/h3-5,8-9,15-17,21,24-25,27-28,31,33-34H,2,6-7,10-14,18H2,1H3,(H,29,32)/t24-,25-/m0/s1. The van der Waals surface area contributed by atoms with Gasteiger partial charge < -0.3 is 21.1 Å². The molecule has 0 radical (unpaired) electrons. The second kappa shape index (κ2) is 11.6. The highest BCUT2D eigenvalue weighted by Gasteiger charge is 2.29. The Balaban J connectivity index is 1.56. The number of benzene rings is 2. The highest BCUT2D eigenvalue weighted by Crippen LogP contribution is 2.50. The van der Waals surface area contributed by atoms with Crippen LogP contribution in [0.5, 0.6) is 0 Å². The summed E-state index contributed by atoms with van der Waals surface area (Å²) in [6, 6.07) is 15.2. The fourth-order valence-electron chi connectivity index (χ4n) is 4.42. The number of nitrogens with one attached hydrogen (secondary N) is 3. The number of hydrogen-bond donors (Lipinski definition) is 6. The average molecular weight is 503 g/mol. The van der Waals surface area contributed by atoms with Crippen LogP contribution >= 0.6 is 10.8 Å². The number of amides is 1. The van der Waals surface area contributed by atoms with E-state index in [2.05, 4.69) is 16.0 Å². The summed E-state index contributed by atoms with van der Waals surface area (Å²) in [6.45, 7) is 3.59. The summed E-state index contributed by atoms with van der Waals surface area (Å²) < 4.78 is 22.9. The number of hydrogen-bond acceptors (Lipinski definition) is 7. The van der Waals surface area contributed by atoms with Crippen molar-refractivity contribution in [2.45, 2.75) is 57.2 Å². The van der Waals surface area contributed by atoms with Crippen molar-refractivity contribution in [1.29, 1.82) is 0 Å². The monoisotopic (exact) mass is 502 g/mol. The second-order valence-corrected chi connectivity index (χ2v) is 11.6. The molecule has 4 rings (SSSR count). The first kappa shape index (κ1) is 25.8. The van der Waals surface area contributed by atoms with Gasteiger partial charge in [-0.15, -0.1) is 10.8 Å². The summed E-state index contributed by atoms with van der Waals surface area (Å²) in [5.74, 6) is 0.0325. The molecule has 8 nitrogen and oxygen atoms in total. The van der Waals surface area contributed by atoms with E-state index in [0.29, 0.717) is 49.1 Å². The van der Waals surface area contributed by atoms with Gasteiger partial charge in [0.1, 0.15) is 0 Å². The van der Waals surface area contributed by atoms with Crippen LogP contribution in [-0.4, -0.2) is 63.7 Å². The molecular formula is C26H38N4O4S. The number of aliphatic hydroxyl groups excluding tert-OH is 1. The zero-order chi connectivity index (χ0) is 24.8. The molecule has 2 atom stereocenters. The molecule has 2 aromatic rings. The van der Waals surface area contributed by atoms with Crippen molar-refractivity contribution in [2.24, 2.45) is 0 Å². The Kier molecular flexibility index (Phi) is 8.56. The normalized spacial score (nSPS) is 20.1. The van der Waals surface area contributed by atoms with Gasteiger partial charge in [0.2, 0.25) is 0 Å². The number of carbonyl (C=O) groups is 1. The number of anilines is 2. The van der Waals surface area contributed by atoms with E-state index in [4.69, 9.17) is 0 Å². The van der Waals surface area contributed by atoms with Gasteiger partial charge in [-0.1, -0.05) is 30.3 Å². The molecule has 1 aliphatic carbocycles. The van der Waals surface area contributed by atoms with Gasteiger partial charge in [-0.3, -0.25) is 18.2 Å². The molecule has 0 aromatic heterocycles. The molecule has 2 aromatic carbocycles. The lowest BCUT2D eigenvalue weighted by Gasteiger charge is -2.47. The first-order valence-electron chi connectivity index (χ1n) is 12.5. The average Bonchev–Trinajstić information content (AvgIpc) is 3.67. The number of nitrogens with zero attached hydrogens (tertiary/aromatic N) is 1. The maximum atomic E-state index is 13.4. The Labute approximate surface area is 209 Å². The van der Waals surface area contributed by atoms with Crippen LogP contribution in [0.2, 0.25) is 0 Å². The third-order valence-corrected chi connectivity index (χ3v) is 8.44. The summed E-state index contributed by atoms with van der Waals surface area (Å²) in [5.41, 5.74) is 2.81. The molecule has 1 aliphatic heterocycles. The second-order valence-electron chi connectivity index (χ2n) is 9.46. The van der Waals surface area contributed by atoms with Gasteiger partial charge in [-0.2, -0.15) is 0 Å². The van der Waals surface area contributed by atoms with E-state index < -0.39 is 22.9 Å². The van der Waals surface area contributed by atoms with Gasteiger partial charge in [0.15, 0.2) is 0 Å². The Hall–Kier alpha value is -2.30. The SMILES string of the molecule is CCNc1cc(C(=O)N[C@@H](Cc2ccccc2)[C@@H](O)CNC2CC2)cc(N2CCCCS2(O)O)c1. The largest absolute Gasteiger partial charge is 0.390 e. The van der Waals surface area contributed by atoms with Crippen LogP contribution in [0.25, 0.3) is 0 Å². The Morgan fingerprint density at radius 3 is 2.60 bits per heavy atom. The lowest BCUT2D eigenvalue weighted by molar-refractivity contribution is 0.0830. The Bertz CT molecular complexity index is 987. The Morgan fingerprint density at radius 2 is 1.91 bits per heavy atom. The third-order valence-electron chi connectivity index (χ3n) is 6.50. The topological polar surface area (TPSA) is 117 Å². The molecule has 2 fully saturated rings. The van der Waals surface area contributed by atoms with E-state index in [1.807, 2.05) is 43.3 Å². The van der Waals surface area contributed by atoms with Crippen LogP contribution in [-0.2, 0) is 6.42 Å². The molecule has 1 saturated heterocycles. The predicted molar refractivity (Wildman–Crippen MR) is 143 cm³/mol. The molecule has 1 saturated carbocycles. The van der Waals surface area contributed by atoms with Crippen molar-refractivity contribution in [2.75, 3.05) is 35.0 Å². The molecule has 1 heterocycles. The van der Waals surface area contributed by atoms with Crippen LogP contribution in [0.1, 0.15) is 48.5 Å². The third kappa shape index (κ3) is 7.11. The molecule has 1 amide bonds. The van der Waals surface area contributed by atoms with E-state index >= 15 is 0 Å².